The third-order valence-electron chi connectivity index (χ3n) is 6.26. The van der Waals surface area contributed by atoms with Crippen molar-refractivity contribution in [2.24, 2.45) is 0 Å². The van der Waals surface area contributed by atoms with E-state index in [4.69, 9.17) is 19.0 Å². The van der Waals surface area contributed by atoms with E-state index in [-0.39, 0.29) is 36.6 Å². The minimum absolute atomic E-state index is 0.00746. The molecule has 3 amide bonds. The lowest BCUT2D eigenvalue weighted by Gasteiger charge is -2.28. The quantitative estimate of drug-likeness (QED) is 0.192. The third-order valence-corrected chi connectivity index (χ3v) is 7.55. The number of esters is 1. The molecule has 0 spiro atoms. The first-order valence-corrected chi connectivity index (χ1v) is 16.0. The van der Waals surface area contributed by atoms with Gasteiger partial charge in [-0.15, -0.1) is 11.3 Å². The Balaban J connectivity index is 1.97. The molecule has 0 saturated carbocycles. The average molecular weight is 676 g/mol. The summed E-state index contributed by atoms with van der Waals surface area (Å²) < 4.78 is 17.1. The normalized spacial score (nSPS) is 15.6. The highest BCUT2D eigenvalue weighted by atomic mass is 32.1. The van der Waals surface area contributed by atoms with Crippen molar-refractivity contribution < 1.29 is 48.1 Å². The van der Waals surface area contributed by atoms with Crippen molar-refractivity contribution in [1.29, 1.82) is 0 Å². The summed E-state index contributed by atoms with van der Waals surface area (Å²) in [6, 6.07) is 8.18. The van der Waals surface area contributed by atoms with Gasteiger partial charge in [0.25, 0.3) is 0 Å². The number of carbonyl (C=O) groups excluding carboxylic acids is 4. The molecule has 2 atom stereocenters. The lowest BCUT2D eigenvalue weighted by atomic mass is 10.0. The van der Waals surface area contributed by atoms with Gasteiger partial charge in [-0.25, -0.2) is 14.4 Å². The Hall–Kier alpha value is -4.01. The molecule has 0 bridgehead atoms. The average Bonchev–Trinajstić information content (AvgIpc) is 3.32. The number of anilines is 1. The Bertz CT molecular complexity index is 1470. The smallest absolute Gasteiger partial charge is 0.408 e. The van der Waals surface area contributed by atoms with Crippen LogP contribution in [0.5, 0.6) is 0 Å². The number of carboxylic acids is 1. The summed E-state index contributed by atoms with van der Waals surface area (Å²) in [5.41, 5.74) is -1.39. The van der Waals surface area contributed by atoms with Gasteiger partial charge in [-0.2, -0.15) is 5.06 Å². The fraction of sp³-hybridized carbons (Fsp3) is 0.545. The van der Waals surface area contributed by atoms with Gasteiger partial charge in [0.2, 0.25) is 5.91 Å². The number of amides is 3. The molecule has 47 heavy (non-hydrogen) atoms. The molecule has 3 N–H and O–H groups in total. The number of nitrogens with one attached hydrogen (secondary N) is 2. The zero-order valence-electron chi connectivity index (χ0n) is 28.3. The van der Waals surface area contributed by atoms with Crippen LogP contribution in [0.3, 0.4) is 0 Å². The van der Waals surface area contributed by atoms with E-state index in [9.17, 15) is 29.1 Å². The fourth-order valence-electron chi connectivity index (χ4n) is 4.55. The maximum absolute atomic E-state index is 13.6. The number of hydrogen-bond donors (Lipinski definition) is 3. The van der Waals surface area contributed by atoms with Crippen molar-refractivity contribution in [3.8, 4) is 0 Å². The van der Waals surface area contributed by atoms with Gasteiger partial charge in [-0.3, -0.25) is 14.4 Å². The number of hydroxylamine groups is 1. The van der Waals surface area contributed by atoms with Crippen molar-refractivity contribution in [3.05, 3.63) is 51.9 Å². The van der Waals surface area contributed by atoms with Crippen LogP contribution in [0.4, 0.5) is 9.80 Å². The summed E-state index contributed by atoms with van der Waals surface area (Å²) in [5.74, 6) is -4.44. The van der Waals surface area contributed by atoms with Crippen molar-refractivity contribution in [2.75, 3.05) is 18.2 Å². The molecule has 1 aromatic carbocycles. The minimum Gasteiger partial charge on any atom is -0.474 e. The van der Waals surface area contributed by atoms with Crippen LogP contribution in [0.2, 0.25) is 0 Å². The number of ether oxygens (including phenoxy) is 3. The third kappa shape index (κ3) is 11.0. The number of carboxylic acid groups (broad SMARTS) is 1. The van der Waals surface area contributed by atoms with Crippen LogP contribution in [0.15, 0.2) is 30.3 Å². The number of carbonyl (C=O) groups is 5. The van der Waals surface area contributed by atoms with E-state index < -0.39 is 58.8 Å². The number of aliphatic carboxylic acids is 1. The number of alkyl carbamates (subject to hydrolysis) is 1. The maximum atomic E-state index is 13.6. The number of thiophene rings is 1. The number of fused-ring (bicyclic) bond motifs is 1. The Labute approximate surface area is 278 Å². The summed E-state index contributed by atoms with van der Waals surface area (Å²) in [7, 11) is 0. The van der Waals surface area contributed by atoms with Gasteiger partial charge in [0, 0.05) is 17.8 Å². The monoisotopic (exact) mass is 675 g/mol. The van der Waals surface area contributed by atoms with Crippen LogP contribution in [-0.2, 0) is 46.3 Å². The molecule has 0 fully saturated rings. The molecular weight excluding hydrogens is 630 g/mol. The molecule has 2 unspecified atom stereocenters. The number of rotatable bonds is 9. The van der Waals surface area contributed by atoms with Crippen LogP contribution in [0, 0.1) is 0 Å². The van der Waals surface area contributed by atoms with E-state index >= 15 is 0 Å². The van der Waals surface area contributed by atoms with Gasteiger partial charge < -0.3 is 30.0 Å². The van der Waals surface area contributed by atoms with E-state index in [0.29, 0.717) is 15.5 Å². The zero-order valence-corrected chi connectivity index (χ0v) is 29.2. The summed E-state index contributed by atoms with van der Waals surface area (Å²) in [6.45, 7) is 15.2. The molecule has 0 aliphatic carbocycles. The zero-order chi connectivity index (χ0) is 35.3. The summed E-state index contributed by atoms with van der Waals surface area (Å²) in [4.78, 5) is 70.8. The van der Waals surface area contributed by atoms with Gasteiger partial charge in [0.05, 0.1) is 12.2 Å². The van der Waals surface area contributed by atoms with Crippen molar-refractivity contribution in [2.45, 2.75) is 104 Å². The number of benzene rings is 1. The van der Waals surface area contributed by atoms with Gasteiger partial charge >= 0.3 is 23.9 Å². The predicted molar refractivity (Wildman–Crippen MR) is 174 cm³/mol. The highest BCUT2D eigenvalue weighted by molar-refractivity contribution is 7.17. The predicted octanol–water partition coefficient (Wildman–Crippen LogP) is 4.72. The molecule has 13 nitrogen and oxygen atoms in total. The van der Waals surface area contributed by atoms with E-state index in [2.05, 4.69) is 10.6 Å². The molecule has 14 heteroatoms. The Morgan fingerprint density at radius 3 is 2.13 bits per heavy atom. The van der Waals surface area contributed by atoms with Crippen LogP contribution >= 0.6 is 11.3 Å². The molecule has 1 aliphatic rings. The molecule has 3 rings (SSSR count). The second-order valence-corrected chi connectivity index (χ2v) is 15.0. The highest BCUT2D eigenvalue weighted by Gasteiger charge is 2.40. The summed E-state index contributed by atoms with van der Waals surface area (Å²) >= 11 is 0.948. The Kier molecular flexibility index (Phi) is 11.8. The minimum atomic E-state index is -1.78. The first-order chi connectivity index (χ1) is 21.6. The first-order valence-electron chi connectivity index (χ1n) is 15.2. The van der Waals surface area contributed by atoms with Crippen LogP contribution in [-0.4, -0.2) is 70.9 Å². The molecule has 1 aromatic heterocycles. The highest BCUT2D eigenvalue weighted by Crippen LogP contribution is 2.44. The topological polar surface area (TPSA) is 170 Å². The van der Waals surface area contributed by atoms with E-state index in [1.165, 1.54) is 0 Å². The molecule has 1 aliphatic heterocycles. The molecule has 2 heterocycles. The van der Waals surface area contributed by atoms with Gasteiger partial charge in [0.1, 0.15) is 33.9 Å². The van der Waals surface area contributed by atoms with Crippen molar-refractivity contribution in [3.63, 3.8) is 0 Å². The van der Waals surface area contributed by atoms with Crippen molar-refractivity contribution >= 4 is 46.2 Å². The van der Waals surface area contributed by atoms with E-state index in [1.807, 2.05) is 30.3 Å². The number of nitrogens with zero attached hydrogens (tertiary/aromatic N) is 1. The largest absolute Gasteiger partial charge is 0.474 e. The Morgan fingerprint density at radius 1 is 0.957 bits per heavy atom. The van der Waals surface area contributed by atoms with Crippen LogP contribution in [0.25, 0.3) is 0 Å². The SMILES string of the molecule is CC(C)(C)OC(=O)NC(Cc1ccccc1)C(=O)NCC1OCCc2c1sc(N(OC(C)(C)C)C(=O)C(=O)O)c2C(=O)OC(C)(C)C. The lowest BCUT2D eigenvalue weighted by molar-refractivity contribution is -0.155. The maximum Gasteiger partial charge on any atom is 0.408 e. The molecule has 0 saturated heterocycles. The van der Waals surface area contributed by atoms with Crippen LogP contribution < -0.4 is 15.7 Å². The fourth-order valence-corrected chi connectivity index (χ4v) is 5.88. The molecular formula is C33H45N3O10S. The molecule has 0 radical (unpaired) electrons. The second kappa shape index (κ2) is 14.8. The van der Waals surface area contributed by atoms with E-state index in [0.717, 1.165) is 16.9 Å². The van der Waals surface area contributed by atoms with Crippen LogP contribution in [0.1, 0.15) is 94.8 Å². The van der Waals surface area contributed by atoms with Crippen molar-refractivity contribution in [1.82, 2.24) is 10.6 Å². The van der Waals surface area contributed by atoms with E-state index in [1.54, 1.807) is 62.3 Å². The standard InChI is InChI=1S/C33H45N3O10S/c1-31(2,3)44-29(41)23-20-15-16-43-22(24(20)47-27(23)36(26(38)28(39)40)46-33(7,8)9)18-34-25(37)21(17-19-13-11-10-12-14-19)35-30(42)45-32(4,5)6/h10-14,21-22H,15-18H2,1-9H3,(H,34,37)(H,35,42)(H,39,40). The lowest BCUT2D eigenvalue weighted by Crippen LogP contribution is -2.50. The van der Waals surface area contributed by atoms with Gasteiger partial charge in [-0.1, -0.05) is 30.3 Å². The molecule has 258 valence electrons. The first kappa shape index (κ1) is 37.4. The Morgan fingerprint density at radius 2 is 1.57 bits per heavy atom. The van der Waals surface area contributed by atoms with Gasteiger partial charge in [-0.05, 0) is 79.9 Å². The second-order valence-electron chi connectivity index (χ2n) is 14.0. The van der Waals surface area contributed by atoms with Gasteiger partial charge in [0.15, 0.2) is 0 Å². The molecule has 2 aromatic rings. The summed E-state index contributed by atoms with van der Waals surface area (Å²) in [6.07, 6.45) is -1.09. The number of hydrogen-bond acceptors (Lipinski definition) is 10. The summed E-state index contributed by atoms with van der Waals surface area (Å²) in [5, 5.41) is 15.6.